The molecule has 2 aliphatic carbocycles. The summed E-state index contributed by atoms with van der Waals surface area (Å²) >= 11 is 0. The minimum Gasteiger partial charge on any atom is -0.481 e. The summed E-state index contributed by atoms with van der Waals surface area (Å²) in [5.41, 5.74) is 5.61. The third-order valence-electron chi connectivity index (χ3n) is 8.10. The number of anilines is 1. The zero-order valence-electron chi connectivity index (χ0n) is 23.9. The first-order chi connectivity index (χ1) is 20.4. The number of carbonyl (C=O) groups is 4. The van der Waals surface area contributed by atoms with Crippen LogP contribution in [0.4, 0.5) is 5.69 Å². The SMILES string of the molecule is C=C[C@@H]1C[C@@]1(NC(=O)C1(N)Cc2ccccc2C1)C(=O)NS(=O)(=O)c1ccccc1NC(=O)CCCCCCCC(=O)O. The second-order valence-electron chi connectivity index (χ2n) is 11.4. The van der Waals surface area contributed by atoms with Gasteiger partial charge in [0, 0.05) is 18.8 Å². The van der Waals surface area contributed by atoms with Crippen LogP contribution in [-0.2, 0) is 42.0 Å². The van der Waals surface area contributed by atoms with Crippen molar-refractivity contribution >= 4 is 39.4 Å². The highest BCUT2D eigenvalue weighted by Crippen LogP contribution is 2.45. The molecule has 2 aromatic carbocycles. The molecule has 0 aliphatic heterocycles. The van der Waals surface area contributed by atoms with E-state index in [1.165, 1.54) is 24.3 Å². The van der Waals surface area contributed by atoms with Gasteiger partial charge in [0.25, 0.3) is 15.9 Å². The fourth-order valence-electron chi connectivity index (χ4n) is 5.54. The molecule has 0 saturated heterocycles. The highest BCUT2D eigenvalue weighted by atomic mass is 32.2. The van der Waals surface area contributed by atoms with Gasteiger partial charge in [0.2, 0.25) is 11.8 Å². The van der Waals surface area contributed by atoms with Crippen molar-refractivity contribution in [2.75, 3.05) is 5.32 Å². The van der Waals surface area contributed by atoms with E-state index in [0.717, 1.165) is 30.4 Å². The molecule has 6 N–H and O–H groups in total. The molecule has 0 radical (unpaired) electrons. The summed E-state index contributed by atoms with van der Waals surface area (Å²) in [5, 5.41) is 14.0. The molecule has 2 atom stereocenters. The molecule has 12 heteroatoms. The first-order valence-electron chi connectivity index (χ1n) is 14.4. The van der Waals surface area contributed by atoms with E-state index in [1.54, 1.807) is 6.07 Å². The number of hydrogen-bond acceptors (Lipinski definition) is 7. The number of carboxylic acid groups (broad SMARTS) is 1. The first-order valence-corrected chi connectivity index (χ1v) is 15.9. The van der Waals surface area contributed by atoms with Gasteiger partial charge in [-0.25, -0.2) is 13.1 Å². The lowest BCUT2D eigenvalue weighted by molar-refractivity contribution is -0.137. The summed E-state index contributed by atoms with van der Waals surface area (Å²) in [4.78, 5) is 49.7. The molecule has 2 aromatic rings. The van der Waals surface area contributed by atoms with E-state index >= 15 is 0 Å². The number of nitrogens with two attached hydrogens (primary N) is 1. The average Bonchev–Trinajstić information content (AvgIpc) is 3.55. The summed E-state index contributed by atoms with van der Waals surface area (Å²) in [7, 11) is -4.45. The van der Waals surface area contributed by atoms with E-state index in [0.29, 0.717) is 25.7 Å². The molecule has 0 bridgehead atoms. The summed E-state index contributed by atoms with van der Waals surface area (Å²) in [6.45, 7) is 3.73. The number of aliphatic carboxylic acids is 1. The summed E-state index contributed by atoms with van der Waals surface area (Å²) in [6.07, 6.45) is 5.94. The molecular formula is C31H38N4O7S. The van der Waals surface area contributed by atoms with Gasteiger partial charge in [-0.05, 0) is 55.4 Å². The minimum absolute atomic E-state index is 0.0213. The number of rotatable bonds is 15. The van der Waals surface area contributed by atoms with Crippen LogP contribution in [0.3, 0.4) is 0 Å². The van der Waals surface area contributed by atoms with Gasteiger partial charge in [-0.3, -0.25) is 19.2 Å². The van der Waals surface area contributed by atoms with Gasteiger partial charge in [-0.15, -0.1) is 6.58 Å². The summed E-state index contributed by atoms with van der Waals surface area (Å²) in [6, 6.07) is 13.3. The van der Waals surface area contributed by atoms with Crippen LogP contribution in [0.2, 0.25) is 0 Å². The Balaban J connectivity index is 1.38. The molecule has 11 nitrogen and oxygen atoms in total. The topological polar surface area (TPSA) is 185 Å². The lowest BCUT2D eigenvalue weighted by Crippen LogP contribution is -2.61. The first kappa shape index (κ1) is 31.9. The number of unbranched alkanes of at least 4 members (excludes halogenated alkanes) is 4. The number of hydrogen-bond donors (Lipinski definition) is 5. The number of carboxylic acids is 1. The maximum absolute atomic E-state index is 13.5. The molecule has 4 rings (SSSR count). The van der Waals surface area contributed by atoms with E-state index < -0.39 is 44.8 Å². The molecule has 3 amide bonds. The Morgan fingerprint density at radius 2 is 1.49 bits per heavy atom. The summed E-state index contributed by atoms with van der Waals surface area (Å²) in [5.74, 6) is -3.16. The van der Waals surface area contributed by atoms with E-state index in [1.807, 2.05) is 24.3 Å². The van der Waals surface area contributed by atoms with Crippen molar-refractivity contribution < 1.29 is 32.7 Å². The predicted molar refractivity (Wildman–Crippen MR) is 160 cm³/mol. The van der Waals surface area contributed by atoms with Gasteiger partial charge in [0.1, 0.15) is 16.0 Å². The molecule has 0 unspecified atom stereocenters. The standard InChI is InChI=1S/C31H38N4O7S/c1-2-23-20-31(23,34-28(39)30(32)18-21-12-8-9-13-22(21)19-30)29(40)35-43(41,42)25-15-11-10-14-24(25)33-26(36)16-6-4-3-5-7-17-27(37)38/h2,8-15,23H,1,3-7,16-20,32H2,(H,33,36)(H,34,39)(H,35,40)(H,37,38)/t23-,31+/m1/s1. The van der Waals surface area contributed by atoms with Crippen molar-refractivity contribution in [3.8, 4) is 0 Å². The Morgan fingerprint density at radius 1 is 0.907 bits per heavy atom. The number of sulfonamides is 1. The maximum Gasteiger partial charge on any atom is 0.303 e. The van der Waals surface area contributed by atoms with Gasteiger partial charge < -0.3 is 21.5 Å². The van der Waals surface area contributed by atoms with Crippen molar-refractivity contribution in [2.24, 2.45) is 11.7 Å². The summed E-state index contributed by atoms with van der Waals surface area (Å²) < 4.78 is 28.9. The van der Waals surface area contributed by atoms with Crippen LogP contribution in [-0.4, -0.2) is 48.3 Å². The second kappa shape index (κ2) is 13.1. The largest absolute Gasteiger partial charge is 0.481 e. The Bertz CT molecular complexity index is 1500. The van der Waals surface area contributed by atoms with Crippen molar-refractivity contribution in [3.63, 3.8) is 0 Å². The maximum atomic E-state index is 13.5. The molecule has 1 fully saturated rings. The zero-order valence-corrected chi connectivity index (χ0v) is 24.8. The van der Waals surface area contributed by atoms with Crippen molar-refractivity contribution in [2.45, 2.75) is 80.2 Å². The zero-order chi connectivity index (χ0) is 31.3. The number of nitrogens with one attached hydrogen (secondary N) is 3. The van der Waals surface area contributed by atoms with Crippen molar-refractivity contribution in [1.82, 2.24) is 10.0 Å². The molecule has 0 spiro atoms. The number of amides is 3. The molecule has 0 aromatic heterocycles. The molecule has 0 heterocycles. The molecule has 43 heavy (non-hydrogen) atoms. The highest BCUT2D eigenvalue weighted by Gasteiger charge is 2.62. The Kier molecular flexibility index (Phi) is 9.71. The van der Waals surface area contributed by atoms with Crippen molar-refractivity contribution in [1.29, 1.82) is 0 Å². The van der Waals surface area contributed by atoms with Gasteiger partial charge in [0.05, 0.1) is 5.69 Å². The fourth-order valence-corrected chi connectivity index (χ4v) is 6.75. The van der Waals surface area contributed by atoms with Crippen LogP contribution >= 0.6 is 0 Å². The van der Waals surface area contributed by atoms with Crippen molar-refractivity contribution in [3.05, 3.63) is 72.3 Å². The average molecular weight is 611 g/mol. The van der Waals surface area contributed by atoms with Gasteiger partial charge in [-0.1, -0.05) is 61.7 Å². The van der Waals surface area contributed by atoms with Gasteiger partial charge in [0.15, 0.2) is 0 Å². The van der Waals surface area contributed by atoms with Gasteiger partial charge >= 0.3 is 5.97 Å². The number of carbonyl (C=O) groups excluding carboxylic acids is 3. The normalized spacial score (nSPS) is 20.0. The fraction of sp³-hybridized carbons (Fsp3) is 0.419. The lowest BCUT2D eigenvalue weighted by Gasteiger charge is -2.27. The van der Waals surface area contributed by atoms with Crippen LogP contribution in [0.15, 0.2) is 66.1 Å². The van der Waals surface area contributed by atoms with Crippen LogP contribution < -0.4 is 21.1 Å². The second-order valence-corrected chi connectivity index (χ2v) is 13.0. The van der Waals surface area contributed by atoms with Crippen LogP contribution in [0.5, 0.6) is 0 Å². The van der Waals surface area contributed by atoms with Crippen LogP contribution in [0, 0.1) is 5.92 Å². The monoisotopic (exact) mass is 610 g/mol. The van der Waals surface area contributed by atoms with E-state index in [-0.39, 0.29) is 35.8 Å². The lowest BCUT2D eigenvalue weighted by atomic mass is 9.95. The minimum atomic E-state index is -4.45. The van der Waals surface area contributed by atoms with E-state index in [2.05, 4.69) is 21.9 Å². The Hall–Kier alpha value is -4.03. The predicted octanol–water partition coefficient (Wildman–Crippen LogP) is 2.80. The number of para-hydroxylation sites is 1. The van der Waals surface area contributed by atoms with Crippen LogP contribution in [0.1, 0.15) is 62.5 Å². The van der Waals surface area contributed by atoms with E-state index in [9.17, 15) is 27.6 Å². The number of benzene rings is 2. The van der Waals surface area contributed by atoms with Gasteiger partial charge in [-0.2, -0.15) is 0 Å². The highest BCUT2D eigenvalue weighted by molar-refractivity contribution is 7.90. The molecular weight excluding hydrogens is 572 g/mol. The van der Waals surface area contributed by atoms with E-state index in [4.69, 9.17) is 10.8 Å². The Morgan fingerprint density at radius 3 is 2.09 bits per heavy atom. The third-order valence-corrected chi connectivity index (χ3v) is 9.48. The molecule has 2 aliphatic rings. The molecule has 1 saturated carbocycles. The third kappa shape index (κ3) is 7.49. The molecule has 230 valence electrons. The van der Waals surface area contributed by atoms with Crippen LogP contribution in [0.25, 0.3) is 0 Å². The smallest absolute Gasteiger partial charge is 0.303 e. The number of fused-ring (bicyclic) bond motifs is 1. The Labute approximate surface area is 251 Å². The quantitative estimate of drug-likeness (QED) is 0.151.